The predicted octanol–water partition coefficient (Wildman–Crippen LogP) is 3.46. The van der Waals surface area contributed by atoms with Crippen LogP contribution < -0.4 is 0 Å². The number of rotatable bonds is 2. The fourth-order valence-electron chi connectivity index (χ4n) is 1.59. The monoisotopic (exact) mass is 194 g/mol. The molecule has 0 fully saturated rings. The first-order chi connectivity index (χ1) is 6.43. The summed E-state index contributed by atoms with van der Waals surface area (Å²) < 4.78 is 13.4. The molecule has 0 atom stereocenters. The highest BCUT2D eigenvalue weighted by molar-refractivity contribution is 5.94. The largest absolute Gasteiger partial charge is 0.294 e. The fraction of sp³-hybridized carbons (Fsp3) is 0.417. The molecule has 0 aliphatic carbocycles. The Morgan fingerprint density at radius 2 is 1.93 bits per heavy atom. The highest BCUT2D eigenvalue weighted by Gasteiger charge is 2.12. The third-order valence-electron chi connectivity index (χ3n) is 2.36. The fourth-order valence-corrected chi connectivity index (χ4v) is 1.59. The first-order valence-electron chi connectivity index (χ1n) is 4.74. The van der Waals surface area contributed by atoms with Gasteiger partial charge in [0.1, 0.15) is 5.82 Å². The molecule has 0 aromatic heterocycles. The van der Waals surface area contributed by atoms with E-state index in [0.717, 1.165) is 11.1 Å². The minimum Gasteiger partial charge on any atom is -0.294 e. The quantitative estimate of drug-likeness (QED) is 0.659. The van der Waals surface area contributed by atoms with Gasteiger partial charge in [0.05, 0.1) is 5.56 Å². The lowest BCUT2D eigenvalue weighted by molar-refractivity contribution is 0.101. The van der Waals surface area contributed by atoms with E-state index < -0.39 is 5.82 Å². The summed E-state index contributed by atoms with van der Waals surface area (Å²) in [6, 6.07) is 3.10. The van der Waals surface area contributed by atoms with Crippen LogP contribution in [0.5, 0.6) is 0 Å². The van der Waals surface area contributed by atoms with Gasteiger partial charge < -0.3 is 0 Å². The number of hydrogen-bond donors (Lipinski definition) is 0. The van der Waals surface area contributed by atoms with Gasteiger partial charge in [-0.1, -0.05) is 13.8 Å². The van der Waals surface area contributed by atoms with Gasteiger partial charge in [0.2, 0.25) is 0 Å². The van der Waals surface area contributed by atoms with E-state index in [1.54, 1.807) is 6.07 Å². The van der Waals surface area contributed by atoms with Crippen molar-refractivity contribution in [2.75, 3.05) is 0 Å². The molecule has 76 valence electrons. The summed E-state index contributed by atoms with van der Waals surface area (Å²) in [5.41, 5.74) is 2.13. The lowest BCUT2D eigenvalue weighted by Crippen LogP contribution is -2.02. The summed E-state index contributed by atoms with van der Waals surface area (Å²) in [6.45, 7) is 7.30. The number of benzene rings is 1. The second kappa shape index (κ2) is 3.91. The molecule has 0 heterocycles. The van der Waals surface area contributed by atoms with Gasteiger partial charge in [0.15, 0.2) is 5.78 Å². The summed E-state index contributed by atoms with van der Waals surface area (Å²) in [5.74, 6) is -0.349. The Morgan fingerprint density at radius 1 is 1.36 bits per heavy atom. The molecule has 1 aromatic rings. The number of ketones is 1. The Kier molecular flexibility index (Phi) is 3.04. The number of carbonyl (C=O) groups excluding carboxylic acids is 1. The molecule has 0 bridgehead atoms. The average Bonchev–Trinajstić information content (AvgIpc) is 2.07. The predicted molar refractivity (Wildman–Crippen MR) is 55.2 cm³/mol. The van der Waals surface area contributed by atoms with Crippen LogP contribution in [0, 0.1) is 12.7 Å². The lowest BCUT2D eigenvalue weighted by atomic mass is 9.95. The van der Waals surface area contributed by atoms with E-state index in [4.69, 9.17) is 0 Å². The van der Waals surface area contributed by atoms with Crippen LogP contribution in [-0.4, -0.2) is 5.78 Å². The maximum Gasteiger partial charge on any atom is 0.162 e. The highest BCUT2D eigenvalue weighted by atomic mass is 19.1. The van der Waals surface area contributed by atoms with E-state index in [2.05, 4.69) is 0 Å². The highest BCUT2D eigenvalue weighted by Crippen LogP contribution is 2.22. The normalized spacial score (nSPS) is 10.7. The second-order valence-electron chi connectivity index (χ2n) is 3.90. The Labute approximate surface area is 83.9 Å². The van der Waals surface area contributed by atoms with E-state index in [1.807, 2.05) is 20.8 Å². The van der Waals surface area contributed by atoms with E-state index in [1.165, 1.54) is 13.0 Å². The smallest absolute Gasteiger partial charge is 0.162 e. The van der Waals surface area contributed by atoms with Crippen molar-refractivity contribution in [3.63, 3.8) is 0 Å². The molecule has 1 rings (SSSR count). The Hall–Kier alpha value is -1.18. The lowest BCUT2D eigenvalue weighted by Gasteiger charge is -2.11. The first kappa shape index (κ1) is 10.9. The van der Waals surface area contributed by atoms with Crippen LogP contribution >= 0.6 is 0 Å². The van der Waals surface area contributed by atoms with Crippen LogP contribution in [0.2, 0.25) is 0 Å². The summed E-state index contributed by atoms with van der Waals surface area (Å²) in [7, 11) is 0. The summed E-state index contributed by atoms with van der Waals surface area (Å²) in [5, 5.41) is 0. The van der Waals surface area contributed by atoms with E-state index in [0.29, 0.717) is 0 Å². The molecule has 0 saturated heterocycles. The summed E-state index contributed by atoms with van der Waals surface area (Å²) in [6.07, 6.45) is 0. The second-order valence-corrected chi connectivity index (χ2v) is 3.90. The minimum atomic E-state index is -0.410. The van der Waals surface area contributed by atoms with Crippen molar-refractivity contribution in [3.05, 3.63) is 34.6 Å². The molecule has 0 radical (unpaired) electrons. The number of halogens is 1. The van der Waals surface area contributed by atoms with Crippen LogP contribution in [0.3, 0.4) is 0 Å². The van der Waals surface area contributed by atoms with E-state index >= 15 is 0 Å². The standard InChI is InChI=1S/C12H15FO/c1-7(2)10-6-12(13)11(9(4)14)5-8(10)3/h5-7H,1-4H3. The first-order valence-corrected chi connectivity index (χ1v) is 4.74. The van der Waals surface area contributed by atoms with Crippen LogP contribution in [0.4, 0.5) is 4.39 Å². The summed E-state index contributed by atoms with van der Waals surface area (Å²) >= 11 is 0. The molecular weight excluding hydrogens is 179 g/mol. The van der Waals surface area contributed by atoms with Crippen molar-refractivity contribution in [3.8, 4) is 0 Å². The van der Waals surface area contributed by atoms with Crippen molar-refractivity contribution in [1.82, 2.24) is 0 Å². The molecule has 0 N–H and O–H groups in total. The Morgan fingerprint density at radius 3 is 2.36 bits per heavy atom. The Bertz CT molecular complexity index is 367. The van der Waals surface area contributed by atoms with Crippen molar-refractivity contribution < 1.29 is 9.18 Å². The number of hydrogen-bond acceptors (Lipinski definition) is 1. The van der Waals surface area contributed by atoms with Gasteiger partial charge in [-0.15, -0.1) is 0 Å². The van der Waals surface area contributed by atoms with Gasteiger partial charge in [0, 0.05) is 0 Å². The van der Waals surface area contributed by atoms with Crippen LogP contribution in [-0.2, 0) is 0 Å². The molecule has 14 heavy (non-hydrogen) atoms. The molecule has 2 heteroatoms. The van der Waals surface area contributed by atoms with Crippen LogP contribution in [0.1, 0.15) is 48.2 Å². The van der Waals surface area contributed by atoms with Crippen molar-refractivity contribution >= 4 is 5.78 Å². The van der Waals surface area contributed by atoms with E-state index in [-0.39, 0.29) is 17.3 Å². The topological polar surface area (TPSA) is 17.1 Å². The molecular formula is C12H15FO. The molecule has 0 aliphatic heterocycles. The number of aryl methyl sites for hydroxylation is 1. The molecule has 1 aromatic carbocycles. The maximum atomic E-state index is 13.4. The molecule has 1 nitrogen and oxygen atoms in total. The van der Waals surface area contributed by atoms with Gasteiger partial charge in [-0.3, -0.25) is 4.79 Å². The zero-order chi connectivity index (χ0) is 10.9. The van der Waals surface area contributed by atoms with Gasteiger partial charge >= 0.3 is 0 Å². The van der Waals surface area contributed by atoms with Crippen molar-refractivity contribution in [1.29, 1.82) is 0 Å². The summed E-state index contributed by atoms with van der Waals surface area (Å²) in [4.78, 5) is 11.1. The van der Waals surface area contributed by atoms with Gasteiger partial charge in [-0.05, 0) is 43.0 Å². The van der Waals surface area contributed by atoms with Gasteiger partial charge in [0.25, 0.3) is 0 Å². The molecule has 0 spiro atoms. The zero-order valence-corrected chi connectivity index (χ0v) is 9.02. The molecule has 0 aliphatic rings. The minimum absolute atomic E-state index is 0.187. The molecule has 0 saturated carbocycles. The molecule has 0 unspecified atom stereocenters. The van der Waals surface area contributed by atoms with Crippen molar-refractivity contribution in [2.45, 2.75) is 33.6 Å². The number of Topliss-reactive ketones (excluding diaryl/α,β-unsaturated/α-hetero) is 1. The van der Waals surface area contributed by atoms with Crippen molar-refractivity contribution in [2.24, 2.45) is 0 Å². The zero-order valence-electron chi connectivity index (χ0n) is 9.02. The van der Waals surface area contributed by atoms with Crippen LogP contribution in [0.25, 0.3) is 0 Å². The average molecular weight is 194 g/mol. The third-order valence-corrected chi connectivity index (χ3v) is 2.36. The Balaban J connectivity index is 3.31. The SMILES string of the molecule is CC(=O)c1cc(C)c(C(C)C)cc1F. The van der Waals surface area contributed by atoms with Crippen LogP contribution in [0.15, 0.2) is 12.1 Å². The van der Waals surface area contributed by atoms with E-state index in [9.17, 15) is 9.18 Å². The molecule has 0 amide bonds. The maximum absolute atomic E-state index is 13.4. The third kappa shape index (κ3) is 2.00. The number of carbonyl (C=O) groups is 1. The van der Waals surface area contributed by atoms with Gasteiger partial charge in [-0.2, -0.15) is 0 Å². The van der Waals surface area contributed by atoms with Gasteiger partial charge in [-0.25, -0.2) is 4.39 Å².